The first-order valence-corrected chi connectivity index (χ1v) is 7.38. The molecule has 9 nitrogen and oxygen atoms in total. The summed E-state index contributed by atoms with van der Waals surface area (Å²) in [5.74, 6) is 0.719. The standard InChI is InChI=1S/C17H18N2O7/c1-23-13-8-11(7-12(9-13)19(21)22)18-17(20)10-5-14(24-2)16(26-4)15(6-10)25-3/h5-9H,1-4H3,(H,18,20). The second kappa shape index (κ2) is 8.06. The van der Waals surface area contributed by atoms with Crippen LogP contribution in [0.2, 0.25) is 0 Å². The number of carbonyl (C=O) groups is 1. The molecular formula is C17H18N2O7. The zero-order valence-corrected chi connectivity index (χ0v) is 14.7. The third-order valence-electron chi connectivity index (χ3n) is 3.52. The second-order valence-electron chi connectivity index (χ2n) is 5.04. The highest BCUT2D eigenvalue weighted by Gasteiger charge is 2.18. The van der Waals surface area contributed by atoms with E-state index in [4.69, 9.17) is 18.9 Å². The zero-order valence-electron chi connectivity index (χ0n) is 14.7. The summed E-state index contributed by atoms with van der Waals surface area (Å²) >= 11 is 0. The molecule has 2 aromatic carbocycles. The molecule has 138 valence electrons. The Hall–Kier alpha value is -3.49. The number of nitro groups is 1. The Morgan fingerprint density at radius 2 is 1.54 bits per heavy atom. The number of non-ortho nitro benzene ring substituents is 1. The van der Waals surface area contributed by atoms with E-state index < -0.39 is 10.8 Å². The molecule has 0 heterocycles. The van der Waals surface area contributed by atoms with Crippen LogP contribution >= 0.6 is 0 Å². The lowest BCUT2D eigenvalue weighted by atomic mass is 10.1. The number of nitrogens with zero attached hydrogens (tertiary/aromatic N) is 1. The number of hydrogen-bond acceptors (Lipinski definition) is 7. The number of methoxy groups -OCH3 is 4. The van der Waals surface area contributed by atoms with Crippen LogP contribution in [0.5, 0.6) is 23.0 Å². The quantitative estimate of drug-likeness (QED) is 0.596. The van der Waals surface area contributed by atoms with Crippen molar-refractivity contribution in [2.75, 3.05) is 33.8 Å². The van der Waals surface area contributed by atoms with Crippen LogP contribution < -0.4 is 24.3 Å². The molecule has 0 saturated heterocycles. The Bertz CT molecular complexity index is 811. The number of amides is 1. The average molecular weight is 362 g/mol. The molecule has 2 aromatic rings. The van der Waals surface area contributed by atoms with Crippen molar-refractivity contribution in [3.05, 3.63) is 46.0 Å². The largest absolute Gasteiger partial charge is 0.496 e. The second-order valence-corrected chi connectivity index (χ2v) is 5.04. The van der Waals surface area contributed by atoms with Crippen LogP contribution in [0.4, 0.5) is 11.4 Å². The summed E-state index contributed by atoms with van der Waals surface area (Å²) in [5, 5.41) is 13.6. The maximum absolute atomic E-state index is 12.6. The number of nitrogens with one attached hydrogen (secondary N) is 1. The molecule has 0 saturated carbocycles. The first-order valence-electron chi connectivity index (χ1n) is 7.38. The maximum atomic E-state index is 12.6. The third-order valence-corrected chi connectivity index (χ3v) is 3.52. The van der Waals surface area contributed by atoms with Crippen LogP contribution in [-0.4, -0.2) is 39.3 Å². The molecule has 2 rings (SSSR count). The molecule has 0 radical (unpaired) electrons. The molecule has 0 spiro atoms. The normalized spacial score (nSPS) is 10.0. The van der Waals surface area contributed by atoms with Crippen LogP contribution in [0.3, 0.4) is 0 Å². The summed E-state index contributed by atoms with van der Waals surface area (Å²) in [6, 6.07) is 6.92. The van der Waals surface area contributed by atoms with Crippen LogP contribution in [0.15, 0.2) is 30.3 Å². The van der Waals surface area contributed by atoms with Crippen molar-refractivity contribution in [3.8, 4) is 23.0 Å². The van der Waals surface area contributed by atoms with Gasteiger partial charge < -0.3 is 24.3 Å². The van der Waals surface area contributed by atoms with E-state index in [1.54, 1.807) is 0 Å². The van der Waals surface area contributed by atoms with Crippen molar-refractivity contribution < 1.29 is 28.7 Å². The number of carbonyl (C=O) groups excluding carboxylic acids is 1. The van der Waals surface area contributed by atoms with Gasteiger partial charge >= 0.3 is 0 Å². The Labute approximate surface area is 149 Å². The number of anilines is 1. The minimum absolute atomic E-state index is 0.204. The van der Waals surface area contributed by atoms with E-state index in [0.717, 1.165) is 0 Å². The summed E-state index contributed by atoms with van der Waals surface area (Å²) in [6.07, 6.45) is 0. The van der Waals surface area contributed by atoms with Crippen molar-refractivity contribution >= 4 is 17.3 Å². The van der Waals surface area contributed by atoms with Gasteiger partial charge in [0.1, 0.15) is 5.75 Å². The molecule has 0 bridgehead atoms. The van der Waals surface area contributed by atoms with Gasteiger partial charge in [-0.3, -0.25) is 14.9 Å². The van der Waals surface area contributed by atoms with Gasteiger partial charge in [0, 0.05) is 17.7 Å². The fourth-order valence-corrected chi connectivity index (χ4v) is 2.29. The fourth-order valence-electron chi connectivity index (χ4n) is 2.29. The van der Waals surface area contributed by atoms with E-state index in [1.165, 1.54) is 58.8 Å². The lowest BCUT2D eigenvalue weighted by Gasteiger charge is -2.14. The Morgan fingerprint density at radius 1 is 0.923 bits per heavy atom. The average Bonchev–Trinajstić information content (AvgIpc) is 2.66. The monoisotopic (exact) mass is 362 g/mol. The van der Waals surface area contributed by atoms with Gasteiger partial charge in [0.2, 0.25) is 5.75 Å². The predicted octanol–water partition coefficient (Wildman–Crippen LogP) is 2.88. The number of benzene rings is 2. The molecule has 0 aliphatic carbocycles. The van der Waals surface area contributed by atoms with Crippen molar-refractivity contribution in [2.24, 2.45) is 0 Å². The number of nitro benzene ring substituents is 1. The van der Waals surface area contributed by atoms with Gasteiger partial charge in [-0.15, -0.1) is 0 Å². The first-order chi connectivity index (χ1) is 12.4. The minimum Gasteiger partial charge on any atom is -0.496 e. The van der Waals surface area contributed by atoms with Crippen molar-refractivity contribution in [1.82, 2.24) is 0 Å². The van der Waals surface area contributed by atoms with E-state index in [-0.39, 0.29) is 22.7 Å². The molecule has 0 atom stereocenters. The molecule has 9 heteroatoms. The number of ether oxygens (including phenoxy) is 4. The SMILES string of the molecule is COc1cc(NC(=O)c2cc(OC)c(OC)c(OC)c2)cc([N+](=O)[O-])c1. The molecule has 0 aliphatic heterocycles. The highest BCUT2D eigenvalue weighted by molar-refractivity contribution is 6.05. The molecule has 0 aliphatic rings. The van der Waals surface area contributed by atoms with Crippen molar-refractivity contribution in [1.29, 1.82) is 0 Å². The molecule has 26 heavy (non-hydrogen) atoms. The Kier molecular flexibility index (Phi) is 5.84. The van der Waals surface area contributed by atoms with Crippen molar-refractivity contribution in [3.63, 3.8) is 0 Å². The van der Waals surface area contributed by atoms with Gasteiger partial charge in [0.15, 0.2) is 11.5 Å². The summed E-state index contributed by atoms with van der Waals surface area (Å²) in [4.78, 5) is 23.0. The van der Waals surface area contributed by atoms with Crippen LogP contribution in [0.25, 0.3) is 0 Å². The third kappa shape index (κ3) is 3.94. The van der Waals surface area contributed by atoms with Crippen LogP contribution in [0, 0.1) is 10.1 Å². The zero-order chi connectivity index (χ0) is 19.3. The van der Waals surface area contributed by atoms with Crippen LogP contribution in [-0.2, 0) is 0 Å². The summed E-state index contributed by atoms with van der Waals surface area (Å²) in [7, 11) is 5.70. The van der Waals surface area contributed by atoms with E-state index in [1.807, 2.05) is 0 Å². The highest BCUT2D eigenvalue weighted by Crippen LogP contribution is 2.38. The topological polar surface area (TPSA) is 109 Å². The molecule has 1 N–H and O–H groups in total. The first kappa shape index (κ1) is 18.8. The lowest BCUT2D eigenvalue weighted by molar-refractivity contribution is -0.384. The summed E-state index contributed by atoms with van der Waals surface area (Å²) < 4.78 is 20.7. The fraction of sp³-hybridized carbons (Fsp3) is 0.235. The van der Waals surface area contributed by atoms with E-state index >= 15 is 0 Å². The van der Waals surface area contributed by atoms with E-state index in [0.29, 0.717) is 17.2 Å². The molecule has 0 aromatic heterocycles. The molecule has 1 amide bonds. The van der Waals surface area contributed by atoms with Gasteiger partial charge in [-0.2, -0.15) is 0 Å². The predicted molar refractivity (Wildman–Crippen MR) is 93.7 cm³/mol. The van der Waals surface area contributed by atoms with Gasteiger partial charge in [-0.1, -0.05) is 0 Å². The number of hydrogen-bond donors (Lipinski definition) is 1. The smallest absolute Gasteiger partial charge is 0.275 e. The maximum Gasteiger partial charge on any atom is 0.275 e. The minimum atomic E-state index is -0.572. The molecule has 0 unspecified atom stereocenters. The Balaban J connectivity index is 2.38. The van der Waals surface area contributed by atoms with Gasteiger partial charge in [0.25, 0.3) is 11.6 Å². The van der Waals surface area contributed by atoms with Gasteiger partial charge in [-0.05, 0) is 12.1 Å². The summed E-state index contributed by atoms with van der Waals surface area (Å²) in [5.41, 5.74) is 0.240. The van der Waals surface area contributed by atoms with E-state index in [2.05, 4.69) is 5.32 Å². The highest BCUT2D eigenvalue weighted by atomic mass is 16.6. The van der Waals surface area contributed by atoms with Gasteiger partial charge in [0.05, 0.1) is 45.1 Å². The number of rotatable bonds is 7. The lowest BCUT2D eigenvalue weighted by Crippen LogP contribution is -2.13. The molecule has 0 fully saturated rings. The summed E-state index contributed by atoms with van der Waals surface area (Å²) in [6.45, 7) is 0. The van der Waals surface area contributed by atoms with Crippen molar-refractivity contribution in [2.45, 2.75) is 0 Å². The van der Waals surface area contributed by atoms with E-state index in [9.17, 15) is 14.9 Å². The Morgan fingerprint density at radius 3 is 2.00 bits per heavy atom. The van der Waals surface area contributed by atoms with Crippen LogP contribution in [0.1, 0.15) is 10.4 Å². The molecular weight excluding hydrogens is 344 g/mol. The van der Waals surface area contributed by atoms with Gasteiger partial charge in [-0.25, -0.2) is 0 Å².